The van der Waals surface area contributed by atoms with Crippen LogP contribution in [0, 0.1) is 14.9 Å². The summed E-state index contributed by atoms with van der Waals surface area (Å²) in [4.78, 5) is 11.8. The summed E-state index contributed by atoms with van der Waals surface area (Å²) in [5, 5.41) is 4.34. The van der Waals surface area contributed by atoms with E-state index in [0.29, 0.717) is 0 Å². The Morgan fingerprint density at radius 1 is 1.35 bits per heavy atom. The van der Waals surface area contributed by atoms with Gasteiger partial charge in [-0.3, -0.25) is 4.79 Å². The zero-order chi connectivity index (χ0) is 10.8. The summed E-state index contributed by atoms with van der Waals surface area (Å²) in [5.41, 5.74) is 0.104. The van der Waals surface area contributed by atoms with Crippen LogP contribution >= 0.6 is 0 Å². The maximum absolute atomic E-state index is 11.8. The molecule has 0 unspecified atom stereocenters. The topological polar surface area (TPSA) is 29.1 Å². The zero-order valence-electron chi connectivity index (χ0n) is 11.8. The van der Waals surface area contributed by atoms with Gasteiger partial charge in [-0.2, -0.15) is 0 Å². The Morgan fingerprint density at radius 3 is 2.24 bits per heavy atom. The van der Waals surface area contributed by atoms with E-state index in [2.05, 4.69) is 24.0 Å². The number of carbonyl (C=O) groups is 1. The predicted molar refractivity (Wildman–Crippen MR) is 74.6 cm³/mol. The van der Waals surface area contributed by atoms with Crippen molar-refractivity contribution >= 4 is 14.3 Å². The molecule has 0 fully saturated rings. The molecule has 1 aliphatic rings. The first-order chi connectivity index (χ1) is 6.40. The molecule has 17 heavy (non-hydrogen) atoms. The molecule has 0 spiro atoms. The Labute approximate surface area is 128 Å². The molecule has 1 N–H and O–H groups in total. The van der Waals surface area contributed by atoms with Gasteiger partial charge in [-0.25, -0.2) is 0 Å². The van der Waals surface area contributed by atoms with Crippen LogP contribution in [-0.2, 0) is 26.2 Å². The van der Waals surface area contributed by atoms with E-state index >= 15 is 0 Å². The standard InChI is InChI=1S/C11H18NOSi.2CH3.Zr/c1-11(2,3)12-10(13)14(4)9-7-5-6-8-9;;;/h5-7H,8H2,1-4H3,(H,12,13);2*1H3;/q;2*-1;+2. The quantitative estimate of drug-likeness (QED) is 0.609. The van der Waals surface area contributed by atoms with E-state index in [0.717, 1.165) is 6.42 Å². The Hall–Kier alpha value is 0.0500. The molecule has 0 aromatic heterocycles. The molecule has 0 atom stereocenters. The summed E-state index contributed by atoms with van der Waals surface area (Å²) in [6.07, 6.45) is 7.18. The maximum atomic E-state index is 11.8. The van der Waals surface area contributed by atoms with Crippen molar-refractivity contribution in [2.24, 2.45) is 0 Å². The van der Waals surface area contributed by atoms with Gasteiger partial charge >= 0.3 is 26.2 Å². The van der Waals surface area contributed by atoms with Crippen molar-refractivity contribution in [2.45, 2.75) is 39.3 Å². The molecule has 1 aliphatic carbocycles. The van der Waals surface area contributed by atoms with Crippen molar-refractivity contribution in [3.05, 3.63) is 38.3 Å². The van der Waals surface area contributed by atoms with Gasteiger partial charge in [0.25, 0.3) is 0 Å². The van der Waals surface area contributed by atoms with Gasteiger partial charge in [0, 0.05) is 5.54 Å². The summed E-state index contributed by atoms with van der Waals surface area (Å²) >= 11 is 0. The molecule has 1 rings (SSSR count). The van der Waals surface area contributed by atoms with Crippen molar-refractivity contribution in [3.8, 4) is 0 Å². The largest absolute Gasteiger partial charge is 2.00 e. The van der Waals surface area contributed by atoms with Crippen LogP contribution in [0.25, 0.3) is 0 Å². The second kappa shape index (κ2) is 9.04. The Morgan fingerprint density at radius 2 is 1.88 bits per heavy atom. The van der Waals surface area contributed by atoms with Crippen molar-refractivity contribution in [1.29, 1.82) is 0 Å². The zero-order valence-corrected chi connectivity index (χ0v) is 15.3. The molecule has 95 valence electrons. The molecule has 1 radical (unpaired) electrons. The van der Waals surface area contributed by atoms with Crippen LogP contribution in [-0.4, -0.2) is 19.9 Å². The first kappa shape index (κ1) is 22.2. The number of hydrogen-bond acceptors (Lipinski definition) is 1. The van der Waals surface area contributed by atoms with Crippen LogP contribution in [0.1, 0.15) is 27.2 Å². The summed E-state index contributed by atoms with van der Waals surface area (Å²) < 4.78 is 0. The van der Waals surface area contributed by atoms with Crippen molar-refractivity contribution in [3.63, 3.8) is 0 Å². The van der Waals surface area contributed by atoms with E-state index < -0.39 is 8.80 Å². The summed E-state index contributed by atoms with van der Waals surface area (Å²) in [6.45, 7) is 8.11. The number of amides is 1. The number of rotatable bonds is 2. The smallest absolute Gasteiger partial charge is 0.358 e. The monoisotopic (exact) mass is 328 g/mol. The maximum Gasteiger partial charge on any atom is 2.00 e. The summed E-state index contributed by atoms with van der Waals surface area (Å²) in [5.74, 6) is 0. The second-order valence-electron chi connectivity index (χ2n) is 4.65. The SMILES string of the molecule is C[Si](C(=O)NC(C)(C)C)C1=CC=CC1.[CH3-].[CH3-].[Zr+2]. The molecule has 1 amide bonds. The average Bonchev–Trinajstić information content (AvgIpc) is 2.51. The van der Waals surface area contributed by atoms with E-state index in [9.17, 15) is 4.79 Å². The van der Waals surface area contributed by atoms with Crippen molar-refractivity contribution < 1.29 is 31.0 Å². The summed E-state index contributed by atoms with van der Waals surface area (Å²) in [7, 11) is -1.03. The molecule has 4 heteroatoms. The van der Waals surface area contributed by atoms with Gasteiger partial charge < -0.3 is 20.2 Å². The molecule has 0 aliphatic heterocycles. The molecule has 0 bridgehead atoms. The number of carbonyl (C=O) groups excluding carboxylic acids is 1. The Balaban J connectivity index is -0.000000653. The van der Waals surface area contributed by atoms with Gasteiger partial charge in [0.15, 0.2) is 14.3 Å². The minimum atomic E-state index is -1.03. The van der Waals surface area contributed by atoms with Crippen LogP contribution in [0.5, 0.6) is 0 Å². The van der Waals surface area contributed by atoms with Crippen LogP contribution in [0.4, 0.5) is 4.79 Å². The summed E-state index contributed by atoms with van der Waals surface area (Å²) in [6, 6.07) is 0. The van der Waals surface area contributed by atoms with Gasteiger partial charge in [0.1, 0.15) is 0 Å². The van der Waals surface area contributed by atoms with Crippen LogP contribution < -0.4 is 5.32 Å². The van der Waals surface area contributed by atoms with Crippen molar-refractivity contribution in [1.82, 2.24) is 5.32 Å². The molecule has 0 saturated heterocycles. The van der Waals surface area contributed by atoms with E-state index in [1.807, 2.05) is 26.8 Å². The number of hydrogen-bond donors (Lipinski definition) is 1. The van der Waals surface area contributed by atoms with Gasteiger partial charge in [-0.15, -0.1) is 0 Å². The fraction of sp³-hybridized carbons (Fsp3) is 0.462. The average molecular weight is 330 g/mol. The third-order valence-electron chi connectivity index (χ3n) is 2.08. The molecule has 0 saturated carbocycles. The van der Waals surface area contributed by atoms with E-state index in [-0.39, 0.29) is 52.1 Å². The third-order valence-corrected chi connectivity index (χ3v) is 4.22. The van der Waals surface area contributed by atoms with E-state index in [1.54, 1.807) is 0 Å². The molecule has 0 aromatic rings. The van der Waals surface area contributed by atoms with Crippen LogP contribution in [0.15, 0.2) is 23.4 Å². The van der Waals surface area contributed by atoms with Gasteiger partial charge in [-0.05, 0) is 27.2 Å². The minimum Gasteiger partial charge on any atom is -0.358 e. The molecule has 0 aromatic carbocycles. The first-order valence-corrected chi connectivity index (χ1v) is 6.92. The Bertz CT molecular complexity index is 292. The van der Waals surface area contributed by atoms with Gasteiger partial charge in [0.05, 0.1) is 0 Å². The first-order valence-electron chi connectivity index (χ1n) is 4.92. The number of nitrogens with one attached hydrogen (secondary N) is 1. The second-order valence-corrected chi connectivity index (χ2v) is 7.00. The molecular formula is C13H24NOSiZr. The van der Waals surface area contributed by atoms with Crippen molar-refractivity contribution in [2.75, 3.05) is 0 Å². The van der Waals surface area contributed by atoms with Crippen LogP contribution in [0.3, 0.4) is 0 Å². The molecule has 0 heterocycles. The minimum absolute atomic E-state index is 0. The fourth-order valence-corrected chi connectivity index (χ4v) is 2.93. The van der Waals surface area contributed by atoms with Gasteiger partial charge in [-0.1, -0.05) is 30.0 Å². The normalized spacial score (nSPS) is 13.1. The van der Waals surface area contributed by atoms with Gasteiger partial charge in [0.2, 0.25) is 0 Å². The Kier molecular flexibility index (Phi) is 11.8. The molecular weight excluding hydrogens is 305 g/mol. The van der Waals surface area contributed by atoms with E-state index in [4.69, 9.17) is 0 Å². The fourth-order valence-electron chi connectivity index (χ4n) is 1.31. The third kappa shape index (κ3) is 7.88. The predicted octanol–water partition coefficient (Wildman–Crippen LogP) is 3.52. The van der Waals surface area contributed by atoms with Crippen LogP contribution in [0.2, 0.25) is 6.55 Å². The molecule has 2 nitrogen and oxygen atoms in total. The van der Waals surface area contributed by atoms with E-state index in [1.165, 1.54) is 5.20 Å². The number of allylic oxidation sites excluding steroid dienone is 4.